The molecule has 2 aliphatic rings. The molecule has 0 unspecified atom stereocenters. The first kappa shape index (κ1) is 50.6. The van der Waals surface area contributed by atoms with Crippen molar-refractivity contribution in [1.29, 1.82) is 0 Å². The van der Waals surface area contributed by atoms with Crippen molar-refractivity contribution >= 4 is 44.1 Å². The predicted molar refractivity (Wildman–Crippen MR) is 276 cm³/mol. The first-order chi connectivity index (χ1) is 39.1. The Labute approximate surface area is 447 Å². The second-order valence-electron chi connectivity index (χ2n) is 19.1. The van der Waals surface area contributed by atoms with E-state index in [0.29, 0.717) is 22.3 Å². The molecule has 8 bridgehead atoms. The predicted octanol–water partition coefficient (Wildman–Crippen LogP) is 14.1. The summed E-state index contributed by atoms with van der Waals surface area (Å²) in [6.07, 6.45) is 0.628. The third-order valence-electron chi connectivity index (χ3n) is 14.4. The van der Waals surface area contributed by atoms with Crippen LogP contribution in [0.4, 0.5) is 52.7 Å². The van der Waals surface area contributed by atoms with Crippen molar-refractivity contribution in [2.24, 2.45) is 0 Å². The van der Waals surface area contributed by atoms with Gasteiger partial charge in [-0.15, -0.1) is 0 Å². The highest BCUT2D eigenvalue weighted by Crippen LogP contribution is 2.46. The molecule has 0 aliphatic carbocycles. The van der Waals surface area contributed by atoms with E-state index in [1.807, 2.05) is 84.9 Å². The van der Waals surface area contributed by atoms with Gasteiger partial charge < -0.3 is 10.8 Å². The minimum absolute atomic E-state index is 0.0815. The summed E-state index contributed by atoms with van der Waals surface area (Å²) in [7, 11) is 0. The van der Waals surface area contributed by atoms with Gasteiger partial charge in [-0.05, 0) is 70.2 Å². The van der Waals surface area contributed by atoms with Crippen LogP contribution in [0.25, 0.3) is 89.7 Å². The van der Waals surface area contributed by atoms with Crippen molar-refractivity contribution in [3.8, 4) is 45.6 Å². The highest BCUT2D eigenvalue weighted by molar-refractivity contribution is 6.11. The lowest BCUT2D eigenvalue weighted by Gasteiger charge is -2.22. The van der Waals surface area contributed by atoms with Gasteiger partial charge in [0.15, 0.2) is 104 Å². The SMILES string of the molecule is Nn1c2nc3nc(nc4[nH]c(nc5nc(nc1c1c(F)c(F)c(F)c(F)c12)-c1c(F)c(F)c(F)c(F)c1-5)c1c(Cc2ccccc2)c(Cc2ccccc2)c(Cc2ccccc2)c(Cc2ccccc2)c41)-c1c(F)c(F)c(F)c(F)c1-3. The van der Waals surface area contributed by atoms with Gasteiger partial charge in [0, 0.05) is 10.8 Å². The molecule has 13 rings (SSSR count). The van der Waals surface area contributed by atoms with Crippen LogP contribution in [0.2, 0.25) is 0 Å². The molecule has 0 saturated heterocycles. The van der Waals surface area contributed by atoms with E-state index in [1.165, 1.54) is 0 Å². The van der Waals surface area contributed by atoms with Gasteiger partial charge in [-0.2, -0.15) is 0 Å². The van der Waals surface area contributed by atoms with Crippen LogP contribution >= 0.6 is 0 Å². The molecule has 400 valence electrons. The van der Waals surface area contributed by atoms with E-state index in [2.05, 4.69) is 24.9 Å². The van der Waals surface area contributed by atoms with Crippen molar-refractivity contribution < 1.29 is 52.7 Å². The van der Waals surface area contributed by atoms with Gasteiger partial charge in [0.25, 0.3) is 0 Å². The van der Waals surface area contributed by atoms with Crippen LogP contribution < -0.4 is 5.84 Å². The Hall–Kier alpha value is -9.92. The Morgan fingerprint density at radius 3 is 0.852 bits per heavy atom. The Morgan fingerprint density at radius 2 is 0.556 bits per heavy atom. The fraction of sp³-hybridized carbons (Fsp3) is 0.0667. The van der Waals surface area contributed by atoms with E-state index in [-0.39, 0.29) is 52.4 Å². The van der Waals surface area contributed by atoms with Crippen LogP contribution in [0.3, 0.4) is 0 Å². The molecule has 3 N–H and O–H groups in total. The number of aromatic amines is 1. The first-order valence-corrected chi connectivity index (χ1v) is 24.6. The van der Waals surface area contributed by atoms with Crippen molar-refractivity contribution in [3.05, 3.63) is 236 Å². The summed E-state index contributed by atoms with van der Waals surface area (Å²) in [4.78, 5) is 29.0. The fourth-order valence-electron chi connectivity index (χ4n) is 10.8. The fourth-order valence-corrected chi connectivity index (χ4v) is 10.8. The number of nitrogens with one attached hydrogen (secondary N) is 1. The van der Waals surface area contributed by atoms with E-state index in [4.69, 9.17) is 15.8 Å². The summed E-state index contributed by atoms with van der Waals surface area (Å²) < 4.78 is 192. The number of nitrogens with two attached hydrogens (primary N) is 1. The van der Waals surface area contributed by atoms with Gasteiger partial charge in [0.1, 0.15) is 11.3 Å². The molecule has 0 saturated carbocycles. The van der Waals surface area contributed by atoms with Gasteiger partial charge in [-0.1, -0.05) is 121 Å². The lowest BCUT2D eigenvalue weighted by atomic mass is 9.81. The van der Waals surface area contributed by atoms with E-state index < -0.39 is 137 Å². The number of aromatic nitrogens is 8. The lowest BCUT2D eigenvalue weighted by Crippen LogP contribution is -2.10. The van der Waals surface area contributed by atoms with Gasteiger partial charge in [0.2, 0.25) is 0 Å². The molecule has 8 aromatic carbocycles. The number of fused-ring (bicyclic) bond motifs is 20. The molecule has 2 aliphatic heterocycles. The second-order valence-corrected chi connectivity index (χ2v) is 19.1. The Balaban J connectivity index is 1.32. The molecule has 0 atom stereocenters. The zero-order chi connectivity index (χ0) is 56.3. The first-order valence-electron chi connectivity index (χ1n) is 24.6. The lowest BCUT2D eigenvalue weighted by molar-refractivity contribution is 0.412. The smallest absolute Gasteiger partial charge is 0.198 e. The molecule has 0 radical (unpaired) electrons. The van der Waals surface area contributed by atoms with Crippen molar-refractivity contribution in [2.45, 2.75) is 25.7 Å². The Kier molecular flexibility index (Phi) is 12.0. The van der Waals surface area contributed by atoms with Crippen LogP contribution in [-0.4, -0.2) is 39.6 Å². The molecular weight excluding hydrogens is 1070 g/mol. The molecule has 5 heterocycles. The summed E-state index contributed by atoms with van der Waals surface area (Å²) in [5.41, 5.74) is -2.40. The summed E-state index contributed by atoms with van der Waals surface area (Å²) in [6, 6.07) is 36.8. The molecule has 81 heavy (non-hydrogen) atoms. The van der Waals surface area contributed by atoms with Crippen LogP contribution in [0, 0.1) is 69.8 Å². The average Bonchev–Trinajstić information content (AvgIpc) is 3.16. The average molecular weight is 1110 g/mol. The minimum atomic E-state index is -2.46. The number of hydrogen-bond acceptors (Lipinski definition) is 7. The molecular formula is C60H31F12N9. The molecule has 3 aromatic heterocycles. The van der Waals surface area contributed by atoms with E-state index in [0.717, 1.165) is 22.3 Å². The molecule has 11 aromatic rings. The van der Waals surface area contributed by atoms with Gasteiger partial charge in [-0.3, -0.25) is 0 Å². The minimum Gasteiger partial charge on any atom is -0.336 e. The number of H-pyrrole nitrogens is 1. The maximum atomic E-state index is 16.7. The molecule has 21 heteroatoms. The summed E-state index contributed by atoms with van der Waals surface area (Å²) >= 11 is 0. The molecule has 9 nitrogen and oxygen atoms in total. The summed E-state index contributed by atoms with van der Waals surface area (Å²) in [5, 5.41) is -2.46. The number of hydrogen-bond donors (Lipinski definition) is 2. The summed E-state index contributed by atoms with van der Waals surface area (Å²) in [6.45, 7) is 0. The monoisotopic (exact) mass is 1110 g/mol. The zero-order valence-corrected chi connectivity index (χ0v) is 41.1. The van der Waals surface area contributed by atoms with E-state index in [1.54, 1.807) is 36.4 Å². The third kappa shape index (κ3) is 7.95. The number of nitrogen functional groups attached to an aromatic ring is 1. The maximum absolute atomic E-state index is 16.7. The van der Waals surface area contributed by atoms with E-state index >= 15 is 52.7 Å². The van der Waals surface area contributed by atoms with Gasteiger partial charge in [0.05, 0.1) is 33.0 Å². The van der Waals surface area contributed by atoms with Crippen LogP contribution in [0.15, 0.2) is 121 Å². The molecule has 0 fully saturated rings. The highest BCUT2D eigenvalue weighted by Gasteiger charge is 2.38. The zero-order valence-electron chi connectivity index (χ0n) is 41.1. The van der Waals surface area contributed by atoms with Crippen LogP contribution in [0.1, 0.15) is 44.5 Å². The number of nitrogens with zero attached hydrogens (tertiary/aromatic N) is 7. The van der Waals surface area contributed by atoms with Crippen molar-refractivity contribution in [1.82, 2.24) is 39.6 Å². The van der Waals surface area contributed by atoms with Crippen LogP contribution in [-0.2, 0) is 25.7 Å². The molecule has 0 amide bonds. The maximum Gasteiger partial charge on any atom is 0.198 e. The Morgan fingerprint density at radius 1 is 0.296 bits per heavy atom. The third-order valence-corrected chi connectivity index (χ3v) is 14.4. The van der Waals surface area contributed by atoms with Crippen molar-refractivity contribution in [2.75, 3.05) is 5.84 Å². The number of rotatable bonds is 8. The van der Waals surface area contributed by atoms with Crippen molar-refractivity contribution in [3.63, 3.8) is 0 Å². The number of halogens is 12. The normalized spacial score (nSPS) is 12.0. The van der Waals surface area contributed by atoms with Gasteiger partial charge in [-0.25, -0.2) is 87.3 Å². The van der Waals surface area contributed by atoms with Gasteiger partial charge >= 0.3 is 0 Å². The Bertz CT molecular complexity index is 4380. The second kappa shape index (κ2) is 19.2. The summed E-state index contributed by atoms with van der Waals surface area (Å²) in [5.74, 6) is -25.0. The highest BCUT2D eigenvalue weighted by atomic mass is 19.2. The topological polar surface area (TPSA) is 124 Å². The number of benzene rings is 8. The largest absolute Gasteiger partial charge is 0.336 e. The van der Waals surface area contributed by atoms with E-state index in [9.17, 15) is 0 Å². The standard InChI is InChI=1S/C60H31F12N9/c61-41-35-37(43(63)49(69)47(41)67)57-77-55(35)75-53-33-31(23-27-17-9-3-10-18-27)29(21-25-13-5-1-6-14-25)30(22-26-15-7-2-8-16-26)32(24-28-19-11-4-12-20-28)34(33)54(74-53)76-56-36-38(44(64)50(70)48(68)42(36)62)58(78-56)80-60-40-39(59(79-57)81(60)73)45(65)51(71)52(72)46(40)66/h1-20H,21-24,73H2,(H,74,75,76,77,78,79,80). The quantitative estimate of drug-likeness (QED) is 0.0672. The molecule has 0 spiro atoms. The van der Waals surface area contributed by atoms with Crippen LogP contribution in [0.5, 0.6) is 0 Å².